The molecule has 0 saturated heterocycles. The van der Waals surface area contributed by atoms with Crippen molar-refractivity contribution in [2.45, 2.75) is 0 Å². The molecule has 5 nitrogen and oxygen atoms in total. The van der Waals surface area contributed by atoms with Crippen molar-refractivity contribution in [2.24, 2.45) is 0 Å². The van der Waals surface area contributed by atoms with Gasteiger partial charge in [-0.1, -0.05) is 164 Å². The van der Waals surface area contributed by atoms with Crippen molar-refractivity contribution < 1.29 is 0 Å². The first-order valence-corrected chi connectivity index (χ1v) is 19.9. The molecule has 0 atom stereocenters. The summed E-state index contributed by atoms with van der Waals surface area (Å²) in [6.45, 7) is 0. The van der Waals surface area contributed by atoms with Gasteiger partial charge in [0.15, 0.2) is 17.5 Å². The third-order valence-corrected chi connectivity index (χ3v) is 11.4. The summed E-state index contributed by atoms with van der Waals surface area (Å²) in [4.78, 5) is 20.2. The van der Waals surface area contributed by atoms with Gasteiger partial charge in [-0.05, 0) is 85.1 Å². The predicted molar refractivity (Wildman–Crippen MR) is 245 cm³/mol. The van der Waals surface area contributed by atoms with Crippen LogP contribution in [0, 0.1) is 11.3 Å². The largest absolute Gasteiger partial charge is 0.256 e. The van der Waals surface area contributed by atoms with E-state index in [0.29, 0.717) is 23.0 Å². The van der Waals surface area contributed by atoms with Gasteiger partial charge >= 0.3 is 0 Å². The second-order valence-corrected chi connectivity index (χ2v) is 14.9. The van der Waals surface area contributed by atoms with Crippen LogP contribution in [0.2, 0.25) is 0 Å². The fraction of sp³-hybridized carbons (Fsp3) is 0. The summed E-state index contributed by atoms with van der Waals surface area (Å²) in [7, 11) is 0. The van der Waals surface area contributed by atoms with Crippen molar-refractivity contribution in [1.82, 2.24) is 19.9 Å². The van der Waals surface area contributed by atoms with E-state index in [1.165, 1.54) is 0 Å². The lowest BCUT2D eigenvalue weighted by atomic mass is 9.87. The number of pyridine rings is 1. The SMILES string of the molecule is N#Cc1ccc(-c2cc3c4ccccc4c(-c4cccc(-c5nc(-c6ccccc6)nc(-c6ccc(-c7ccccc7)cc6)n5)c4)cc3c3cccnc23)c2ccccc12. The van der Waals surface area contributed by atoms with Crippen LogP contribution in [0.25, 0.3) is 111 Å². The van der Waals surface area contributed by atoms with Crippen LogP contribution in [0.1, 0.15) is 5.56 Å². The van der Waals surface area contributed by atoms with E-state index in [4.69, 9.17) is 19.9 Å². The van der Waals surface area contributed by atoms with E-state index in [0.717, 1.165) is 93.3 Å². The fourth-order valence-corrected chi connectivity index (χ4v) is 8.52. The standard InChI is InChI=1S/C55H33N5/c56-34-41-28-29-46(43-20-8-7-19-42(41)43)51-33-49-45-22-10-9-21-44(45)48(32-50(49)47-23-12-30-57-52(47)51)39-17-11-18-40(31-39)55-59-53(37-15-5-2-6-16-37)58-54(60-55)38-26-24-36(25-27-38)35-13-3-1-4-14-35/h1-33H. The van der Waals surface area contributed by atoms with Gasteiger partial charge in [-0.3, -0.25) is 4.98 Å². The highest BCUT2D eigenvalue weighted by Crippen LogP contribution is 2.43. The minimum Gasteiger partial charge on any atom is -0.256 e. The molecule has 5 heteroatoms. The van der Waals surface area contributed by atoms with Gasteiger partial charge in [0.25, 0.3) is 0 Å². The highest BCUT2D eigenvalue weighted by atomic mass is 15.0. The minimum absolute atomic E-state index is 0.604. The maximum atomic E-state index is 9.92. The van der Waals surface area contributed by atoms with E-state index >= 15 is 0 Å². The molecule has 0 saturated carbocycles. The second-order valence-electron chi connectivity index (χ2n) is 14.9. The summed E-state index contributed by atoms with van der Waals surface area (Å²) in [5.74, 6) is 1.84. The van der Waals surface area contributed by atoms with Crippen molar-refractivity contribution in [3.63, 3.8) is 0 Å². The van der Waals surface area contributed by atoms with E-state index in [-0.39, 0.29) is 0 Å². The lowest BCUT2D eigenvalue weighted by Crippen LogP contribution is -2.00. The molecule has 0 bridgehead atoms. The number of aromatic nitrogens is 4. The van der Waals surface area contributed by atoms with Crippen LogP contribution >= 0.6 is 0 Å². The Labute approximate surface area is 346 Å². The lowest BCUT2D eigenvalue weighted by molar-refractivity contribution is 1.07. The zero-order valence-electron chi connectivity index (χ0n) is 32.3. The van der Waals surface area contributed by atoms with Gasteiger partial charge in [-0.15, -0.1) is 0 Å². The van der Waals surface area contributed by atoms with Gasteiger partial charge in [-0.25, -0.2) is 15.0 Å². The molecule has 0 N–H and O–H groups in total. The molecule has 11 aromatic rings. The maximum absolute atomic E-state index is 9.92. The van der Waals surface area contributed by atoms with Crippen LogP contribution in [0.5, 0.6) is 0 Å². The van der Waals surface area contributed by atoms with E-state index in [9.17, 15) is 5.26 Å². The summed E-state index contributed by atoms with van der Waals surface area (Å²) < 4.78 is 0. The molecule has 0 fully saturated rings. The molecule has 0 aliphatic rings. The summed E-state index contributed by atoms with van der Waals surface area (Å²) in [6.07, 6.45) is 1.86. The maximum Gasteiger partial charge on any atom is 0.164 e. The first kappa shape index (κ1) is 34.9. The smallest absolute Gasteiger partial charge is 0.164 e. The van der Waals surface area contributed by atoms with Crippen LogP contribution in [0.4, 0.5) is 0 Å². The summed E-state index contributed by atoms with van der Waals surface area (Å²) in [6, 6.07) is 69.3. The Morgan fingerprint density at radius 2 is 0.817 bits per heavy atom. The van der Waals surface area contributed by atoms with Crippen LogP contribution in [-0.2, 0) is 0 Å². The average molecular weight is 764 g/mol. The summed E-state index contributed by atoms with van der Waals surface area (Å²) >= 11 is 0. The normalized spacial score (nSPS) is 11.3. The first-order valence-electron chi connectivity index (χ1n) is 19.9. The van der Waals surface area contributed by atoms with Gasteiger partial charge in [0.2, 0.25) is 0 Å². The quantitative estimate of drug-likeness (QED) is 0.158. The number of benzene rings is 9. The lowest BCUT2D eigenvalue weighted by Gasteiger charge is -2.17. The van der Waals surface area contributed by atoms with E-state index in [1.807, 2.05) is 72.9 Å². The Morgan fingerprint density at radius 1 is 0.317 bits per heavy atom. The Balaban J connectivity index is 1.08. The van der Waals surface area contributed by atoms with Crippen molar-refractivity contribution in [3.05, 3.63) is 206 Å². The average Bonchev–Trinajstić information content (AvgIpc) is 3.33. The van der Waals surface area contributed by atoms with Crippen LogP contribution in [-0.4, -0.2) is 19.9 Å². The number of hydrogen-bond donors (Lipinski definition) is 0. The van der Waals surface area contributed by atoms with Gasteiger partial charge in [-0.2, -0.15) is 5.26 Å². The minimum atomic E-state index is 0.604. The Morgan fingerprint density at radius 3 is 1.53 bits per heavy atom. The predicted octanol–water partition coefficient (Wildman–Crippen LogP) is 13.8. The molecule has 0 amide bonds. The van der Waals surface area contributed by atoms with Crippen LogP contribution in [0.3, 0.4) is 0 Å². The zero-order valence-corrected chi connectivity index (χ0v) is 32.3. The molecular weight excluding hydrogens is 731 g/mol. The number of fused-ring (bicyclic) bond motifs is 6. The van der Waals surface area contributed by atoms with E-state index < -0.39 is 0 Å². The third-order valence-electron chi connectivity index (χ3n) is 11.4. The number of rotatable bonds is 6. The molecule has 0 aliphatic carbocycles. The van der Waals surface area contributed by atoms with Crippen molar-refractivity contribution >= 4 is 43.2 Å². The first-order chi connectivity index (χ1) is 29.7. The number of hydrogen-bond acceptors (Lipinski definition) is 5. The summed E-state index contributed by atoms with van der Waals surface area (Å²) in [5.41, 5.74) is 10.9. The van der Waals surface area contributed by atoms with Crippen LogP contribution in [0.15, 0.2) is 200 Å². The van der Waals surface area contributed by atoms with Gasteiger partial charge in [0, 0.05) is 39.2 Å². The molecule has 2 heterocycles. The topological polar surface area (TPSA) is 75.3 Å². The third kappa shape index (κ3) is 6.03. The molecule has 0 unspecified atom stereocenters. The Bertz CT molecular complexity index is 3480. The van der Waals surface area contributed by atoms with E-state index in [1.54, 1.807) is 0 Å². The Hall–Kier alpha value is -8.33. The Kier molecular flexibility index (Phi) is 8.46. The second kappa shape index (κ2) is 14.6. The molecule has 60 heavy (non-hydrogen) atoms. The number of nitriles is 1. The van der Waals surface area contributed by atoms with Crippen molar-refractivity contribution in [1.29, 1.82) is 5.26 Å². The van der Waals surface area contributed by atoms with Crippen LogP contribution < -0.4 is 0 Å². The molecule has 278 valence electrons. The highest BCUT2D eigenvalue weighted by Gasteiger charge is 2.19. The van der Waals surface area contributed by atoms with Crippen molar-refractivity contribution in [2.75, 3.05) is 0 Å². The zero-order chi connectivity index (χ0) is 40.0. The molecule has 9 aromatic carbocycles. The molecule has 0 aliphatic heterocycles. The monoisotopic (exact) mass is 763 g/mol. The molecular formula is C55H33N5. The molecule has 11 rings (SSSR count). The molecule has 0 spiro atoms. The molecule has 2 aromatic heterocycles. The van der Waals surface area contributed by atoms with Crippen molar-refractivity contribution in [3.8, 4) is 73.6 Å². The fourth-order valence-electron chi connectivity index (χ4n) is 8.52. The van der Waals surface area contributed by atoms with E-state index in [2.05, 4.69) is 133 Å². The van der Waals surface area contributed by atoms with Gasteiger partial charge in [0.05, 0.1) is 17.1 Å². The summed E-state index contributed by atoms with van der Waals surface area (Å²) in [5, 5.41) is 17.5. The van der Waals surface area contributed by atoms with Gasteiger partial charge in [0.1, 0.15) is 0 Å². The van der Waals surface area contributed by atoms with Gasteiger partial charge < -0.3 is 0 Å². The molecule has 0 radical (unpaired) electrons. The highest BCUT2D eigenvalue weighted by molar-refractivity contribution is 6.24. The number of nitrogens with zero attached hydrogens (tertiary/aromatic N) is 5.